The van der Waals surface area contributed by atoms with E-state index in [0.717, 1.165) is 34.7 Å². The maximum atomic E-state index is 13.9. The molecule has 0 heterocycles. The lowest BCUT2D eigenvalue weighted by molar-refractivity contribution is 0.453. The maximum Gasteiger partial charge on any atom is 0.195 e. The second kappa shape index (κ2) is 8.74. The molecular weight excluding hydrogens is 381 g/mol. The Bertz CT molecular complexity index is 1160. The zero-order valence-electron chi connectivity index (χ0n) is 16.9. The molecule has 0 aliphatic heterocycles. The summed E-state index contributed by atoms with van der Waals surface area (Å²) in [6.07, 6.45) is 4.81. The highest BCUT2D eigenvalue weighted by Crippen LogP contribution is 2.30. The van der Waals surface area contributed by atoms with Gasteiger partial charge in [-0.2, -0.15) is 0 Å². The first kappa shape index (κ1) is 20.2. The molecular formula is C27H23F3. The molecule has 0 radical (unpaired) electrons. The van der Waals surface area contributed by atoms with Crippen LogP contribution in [-0.4, -0.2) is 0 Å². The summed E-state index contributed by atoms with van der Waals surface area (Å²) in [6, 6.07) is 22.7. The van der Waals surface area contributed by atoms with Crippen LogP contribution < -0.4 is 0 Å². The molecule has 0 aliphatic carbocycles. The van der Waals surface area contributed by atoms with Crippen molar-refractivity contribution in [2.24, 2.45) is 0 Å². The summed E-state index contributed by atoms with van der Waals surface area (Å²) < 4.78 is 41.0. The van der Waals surface area contributed by atoms with Crippen molar-refractivity contribution in [3.05, 3.63) is 95.8 Å². The molecule has 152 valence electrons. The van der Waals surface area contributed by atoms with Crippen molar-refractivity contribution in [1.82, 2.24) is 0 Å². The quantitative estimate of drug-likeness (QED) is 0.224. The lowest BCUT2D eigenvalue weighted by Gasteiger charge is -2.08. The number of benzene rings is 4. The molecule has 0 unspecified atom stereocenters. The number of rotatable bonds is 6. The van der Waals surface area contributed by atoms with E-state index in [2.05, 4.69) is 31.2 Å². The molecule has 4 rings (SSSR count). The van der Waals surface area contributed by atoms with E-state index in [1.807, 2.05) is 24.3 Å². The van der Waals surface area contributed by atoms with Crippen LogP contribution >= 0.6 is 0 Å². The Morgan fingerprint density at radius 1 is 0.600 bits per heavy atom. The molecule has 0 bridgehead atoms. The number of fused-ring (bicyclic) bond motifs is 1. The van der Waals surface area contributed by atoms with Gasteiger partial charge in [-0.05, 0) is 58.2 Å². The van der Waals surface area contributed by atoms with Gasteiger partial charge in [-0.25, -0.2) is 13.2 Å². The number of halogens is 3. The molecule has 0 aliphatic rings. The van der Waals surface area contributed by atoms with Crippen LogP contribution in [0.4, 0.5) is 13.2 Å². The highest BCUT2D eigenvalue weighted by Gasteiger charge is 2.14. The number of hydrogen-bond donors (Lipinski definition) is 0. The van der Waals surface area contributed by atoms with Crippen LogP contribution in [0.15, 0.2) is 72.8 Å². The van der Waals surface area contributed by atoms with E-state index in [1.54, 1.807) is 12.1 Å². The Morgan fingerprint density at radius 2 is 1.17 bits per heavy atom. The maximum absolute atomic E-state index is 13.9. The van der Waals surface area contributed by atoms with Crippen molar-refractivity contribution in [3.63, 3.8) is 0 Å². The summed E-state index contributed by atoms with van der Waals surface area (Å²) in [4.78, 5) is 0. The van der Waals surface area contributed by atoms with Gasteiger partial charge in [-0.15, -0.1) is 0 Å². The second-order valence-corrected chi connectivity index (χ2v) is 7.65. The van der Waals surface area contributed by atoms with Gasteiger partial charge in [0, 0.05) is 5.39 Å². The summed E-state index contributed by atoms with van der Waals surface area (Å²) in [5.41, 5.74) is 5.38. The van der Waals surface area contributed by atoms with Gasteiger partial charge in [0.15, 0.2) is 17.5 Å². The normalized spacial score (nSPS) is 11.2. The Kier molecular flexibility index (Phi) is 5.89. The number of hydrogen-bond acceptors (Lipinski definition) is 0. The van der Waals surface area contributed by atoms with Crippen molar-refractivity contribution in [2.75, 3.05) is 0 Å². The van der Waals surface area contributed by atoms with Crippen molar-refractivity contribution < 1.29 is 13.2 Å². The number of aryl methyl sites for hydroxylation is 1. The minimum Gasteiger partial charge on any atom is -0.204 e. The summed E-state index contributed by atoms with van der Waals surface area (Å²) in [5, 5.41) is 0.417. The zero-order valence-corrected chi connectivity index (χ0v) is 16.9. The minimum atomic E-state index is -1.43. The third-order valence-electron chi connectivity index (χ3n) is 5.55. The Balaban J connectivity index is 1.57. The van der Waals surface area contributed by atoms with Crippen LogP contribution in [0.3, 0.4) is 0 Å². The first-order valence-corrected chi connectivity index (χ1v) is 10.3. The molecule has 0 saturated heterocycles. The van der Waals surface area contributed by atoms with Crippen molar-refractivity contribution in [1.29, 1.82) is 0 Å². The molecule has 0 saturated carbocycles. The molecule has 3 heteroatoms. The fraction of sp³-hybridized carbons (Fsp3) is 0.185. The van der Waals surface area contributed by atoms with E-state index >= 15 is 0 Å². The lowest BCUT2D eigenvalue weighted by atomic mass is 9.97. The van der Waals surface area contributed by atoms with Gasteiger partial charge in [-0.1, -0.05) is 80.4 Å². The van der Waals surface area contributed by atoms with Gasteiger partial charge in [-0.3, -0.25) is 0 Å². The molecule has 0 nitrogen and oxygen atoms in total. The third-order valence-corrected chi connectivity index (χ3v) is 5.55. The largest absolute Gasteiger partial charge is 0.204 e. The Hall–Kier alpha value is -3.07. The highest BCUT2D eigenvalue weighted by molar-refractivity contribution is 5.88. The van der Waals surface area contributed by atoms with Gasteiger partial charge in [0.05, 0.1) is 0 Å². The molecule has 0 fully saturated rings. The summed E-state index contributed by atoms with van der Waals surface area (Å²) in [6.45, 7) is 2.21. The molecule has 4 aromatic rings. The van der Waals surface area contributed by atoms with Crippen LogP contribution in [0.5, 0.6) is 0 Å². The van der Waals surface area contributed by atoms with Crippen molar-refractivity contribution in [2.45, 2.75) is 32.6 Å². The fourth-order valence-corrected chi connectivity index (χ4v) is 3.78. The molecule has 0 amide bonds. The van der Waals surface area contributed by atoms with E-state index in [4.69, 9.17) is 0 Å². The van der Waals surface area contributed by atoms with Crippen LogP contribution in [-0.2, 0) is 6.42 Å². The first-order chi connectivity index (χ1) is 14.6. The van der Waals surface area contributed by atoms with E-state index < -0.39 is 17.5 Å². The smallest absolute Gasteiger partial charge is 0.195 e. The van der Waals surface area contributed by atoms with Crippen LogP contribution in [0.2, 0.25) is 0 Å². The summed E-state index contributed by atoms with van der Waals surface area (Å²) in [5.74, 6) is -3.76. The van der Waals surface area contributed by atoms with E-state index in [-0.39, 0.29) is 5.39 Å². The first-order valence-electron chi connectivity index (χ1n) is 10.3. The van der Waals surface area contributed by atoms with Gasteiger partial charge >= 0.3 is 0 Å². The van der Waals surface area contributed by atoms with Gasteiger partial charge in [0.2, 0.25) is 0 Å². The van der Waals surface area contributed by atoms with Crippen LogP contribution in [0.25, 0.3) is 33.0 Å². The van der Waals surface area contributed by atoms with Crippen molar-refractivity contribution in [3.8, 4) is 22.3 Å². The molecule has 0 atom stereocenters. The predicted molar refractivity (Wildman–Crippen MR) is 118 cm³/mol. The number of unbranched alkanes of at least 4 members (excludes halogenated alkanes) is 2. The molecule has 0 N–H and O–H groups in total. The fourth-order valence-electron chi connectivity index (χ4n) is 3.78. The molecule has 30 heavy (non-hydrogen) atoms. The monoisotopic (exact) mass is 404 g/mol. The predicted octanol–water partition coefficient (Wildman–Crippen LogP) is 8.32. The van der Waals surface area contributed by atoms with Crippen molar-refractivity contribution >= 4 is 10.8 Å². The average molecular weight is 404 g/mol. The second-order valence-electron chi connectivity index (χ2n) is 7.65. The van der Waals surface area contributed by atoms with E-state index in [9.17, 15) is 13.2 Å². The third kappa shape index (κ3) is 4.11. The molecule has 0 aromatic heterocycles. The topological polar surface area (TPSA) is 0 Å². The Labute approximate surface area is 175 Å². The molecule has 4 aromatic carbocycles. The lowest BCUT2D eigenvalue weighted by Crippen LogP contribution is -1.92. The van der Waals surface area contributed by atoms with Gasteiger partial charge in [0.1, 0.15) is 0 Å². The summed E-state index contributed by atoms with van der Waals surface area (Å²) >= 11 is 0. The minimum absolute atomic E-state index is 0.0771. The van der Waals surface area contributed by atoms with Gasteiger partial charge in [0.25, 0.3) is 0 Å². The zero-order chi connectivity index (χ0) is 21.1. The van der Waals surface area contributed by atoms with E-state index in [1.165, 1.54) is 30.9 Å². The standard InChI is InChI=1S/C27H23F3/c1-2-3-4-5-18-6-8-19(9-7-18)20-10-12-21(13-11-20)22-14-15-24-23(16-22)17-25(28)27(30)26(24)29/h6-17H,2-5H2,1H3. The van der Waals surface area contributed by atoms with Gasteiger partial charge < -0.3 is 0 Å². The summed E-state index contributed by atoms with van der Waals surface area (Å²) in [7, 11) is 0. The van der Waals surface area contributed by atoms with Crippen LogP contribution in [0, 0.1) is 17.5 Å². The average Bonchev–Trinajstić information content (AvgIpc) is 2.78. The Morgan fingerprint density at radius 3 is 1.80 bits per heavy atom. The SMILES string of the molecule is CCCCCc1ccc(-c2ccc(-c3ccc4c(F)c(F)c(F)cc4c3)cc2)cc1. The molecule has 0 spiro atoms. The highest BCUT2D eigenvalue weighted by atomic mass is 19.2. The van der Waals surface area contributed by atoms with Crippen LogP contribution in [0.1, 0.15) is 31.7 Å². The van der Waals surface area contributed by atoms with E-state index in [0.29, 0.717) is 5.39 Å².